The lowest BCUT2D eigenvalue weighted by atomic mass is 10.1. The maximum absolute atomic E-state index is 13.8. The second-order valence-corrected chi connectivity index (χ2v) is 4.24. The van der Waals surface area contributed by atoms with E-state index in [2.05, 4.69) is 0 Å². The van der Waals surface area contributed by atoms with Gasteiger partial charge in [-0.05, 0) is 12.8 Å². The number of hydrogen-bond donors (Lipinski definition) is 1. The van der Waals surface area contributed by atoms with E-state index in [1.807, 2.05) is 0 Å². The van der Waals surface area contributed by atoms with Crippen molar-refractivity contribution >= 4 is 0 Å². The Balaban J connectivity index is 1.85. The molecule has 0 spiro atoms. The maximum atomic E-state index is 13.8. The first-order valence-corrected chi connectivity index (χ1v) is 5.97. The number of hydrogen-bond acceptors (Lipinski definition) is 3. The third-order valence-corrected chi connectivity index (χ3v) is 2.96. The molecule has 1 aromatic rings. The van der Waals surface area contributed by atoms with Gasteiger partial charge in [-0.3, -0.25) is 0 Å². The van der Waals surface area contributed by atoms with Gasteiger partial charge in [-0.25, -0.2) is 4.39 Å². The first-order valence-electron chi connectivity index (χ1n) is 5.97. The SMILES string of the molecule is NCc1cccc(COCC2CCCO2)c1F. The lowest BCUT2D eigenvalue weighted by Gasteiger charge is -2.11. The molecule has 0 aliphatic carbocycles. The van der Waals surface area contributed by atoms with Gasteiger partial charge in [0, 0.05) is 24.3 Å². The molecule has 1 saturated heterocycles. The van der Waals surface area contributed by atoms with Crippen LogP contribution in [0.25, 0.3) is 0 Å². The Bertz CT molecular complexity index is 364. The van der Waals surface area contributed by atoms with Gasteiger partial charge in [-0.2, -0.15) is 0 Å². The Labute approximate surface area is 101 Å². The molecule has 1 aromatic carbocycles. The lowest BCUT2D eigenvalue weighted by Crippen LogP contribution is -2.14. The highest BCUT2D eigenvalue weighted by Gasteiger charge is 2.15. The summed E-state index contributed by atoms with van der Waals surface area (Å²) < 4.78 is 24.7. The van der Waals surface area contributed by atoms with Gasteiger partial charge in [0.25, 0.3) is 0 Å². The van der Waals surface area contributed by atoms with Crippen LogP contribution in [0.3, 0.4) is 0 Å². The molecule has 1 fully saturated rings. The molecule has 1 heterocycles. The number of benzene rings is 1. The third-order valence-electron chi connectivity index (χ3n) is 2.96. The van der Waals surface area contributed by atoms with Crippen LogP contribution in [0.15, 0.2) is 18.2 Å². The van der Waals surface area contributed by atoms with Gasteiger partial charge in [-0.15, -0.1) is 0 Å². The number of halogens is 1. The summed E-state index contributed by atoms with van der Waals surface area (Å²) in [6, 6.07) is 5.22. The lowest BCUT2D eigenvalue weighted by molar-refractivity contribution is 0.00979. The molecule has 1 aliphatic heterocycles. The Morgan fingerprint density at radius 2 is 2.24 bits per heavy atom. The van der Waals surface area contributed by atoms with Crippen molar-refractivity contribution in [1.82, 2.24) is 0 Å². The summed E-state index contributed by atoms with van der Waals surface area (Å²) in [4.78, 5) is 0. The predicted molar refractivity (Wildman–Crippen MR) is 62.9 cm³/mol. The van der Waals surface area contributed by atoms with Crippen LogP contribution in [-0.2, 0) is 22.6 Å². The van der Waals surface area contributed by atoms with Crippen LogP contribution in [0.2, 0.25) is 0 Å². The zero-order valence-corrected chi connectivity index (χ0v) is 9.82. The fraction of sp³-hybridized carbons (Fsp3) is 0.538. The van der Waals surface area contributed by atoms with Crippen molar-refractivity contribution in [2.75, 3.05) is 13.2 Å². The van der Waals surface area contributed by atoms with E-state index in [1.54, 1.807) is 18.2 Å². The highest BCUT2D eigenvalue weighted by molar-refractivity contribution is 5.25. The molecule has 0 amide bonds. The molecular formula is C13H18FNO2. The van der Waals surface area contributed by atoms with Gasteiger partial charge in [0.05, 0.1) is 19.3 Å². The zero-order valence-electron chi connectivity index (χ0n) is 9.82. The van der Waals surface area contributed by atoms with Gasteiger partial charge >= 0.3 is 0 Å². The Morgan fingerprint density at radius 3 is 2.94 bits per heavy atom. The molecule has 1 aliphatic rings. The van der Waals surface area contributed by atoms with Gasteiger partial charge in [0.1, 0.15) is 5.82 Å². The molecule has 2 N–H and O–H groups in total. The van der Waals surface area contributed by atoms with Crippen LogP contribution in [0.1, 0.15) is 24.0 Å². The fourth-order valence-corrected chi connectivity index (χ4v) is 1.98. The van der Waals surface area contributed by atoms with E-state index in [4.69, 9.17) is 15.2 Å². The van der Waals surface area contributed by atoms with E-state index in [9.17, 15) is 4.39 Å². The standard InChI is InChI=1S/C13H18FNO2/c14-13-10(7-15)3-1-4-11(13)8-16-9-12-5-2-6-17-12/h1,3-4,12H,2,5-9,15H2. The summed E-state index contributed by atoms with van der Waals surface area (Å²) in [7, 11) is 0. The zero-order chi connectivity index (χ0) is 12.1. The summed E-state index contributed by atoms with van der Waals surface area (Å²) in [5, 5.41) is 0. The minimum atomic E-state index is -0.248. The molecule has 94 valence electrons. The Morgan fingerprint density at radius 1 is 1.41 bits per heavy atom. The normalized spacial score (nSPS) is 19.8. The van der Waals surface area contributed by atoms with Crippen molar-refractivity contribution in [2.24, 2.45) is 5.73 Å². The van der Waals surface area contributed by atoms with Crippen molar-refractivity contribution in [1.29, 1.82) is 0 Å². The smallest absolute Gasteiger partial charge is 0.133 e. The average molecular weight is 239 g/mol. The van der Waals surface area contributed by atoms with Crippen molar-refractivity contribution < 1.29 is 13.9 Å². The van der Waals surface area contributed by atoms with E-state index >= 15 is 0 Å². The van der Waals surface area contributed by atoms with Crippen LogP contribution in [0.4, 0.5) is 4.39 Å². The molecular weight excluding hydrogens is 221 g/mol. The monoisotopic (exact) mass is 239 g/mol. The highest BCUT2D eigenvalue weighted by atomic mass is 19.1. The molecule has 3 nitrogen and oxygen atoms in total. The van der Waals surface area contributed by atoms with Gasteiger partial charge < -0.3 is 15.2 Å². The maximum Gasteiger partial charge on any atom is 0.133 e. The van der Waals surface area contributed by atoms with Gasteiger partial charge in [-0.1, -0.05) is 18.2 Å². The van der Waals surface area contributed by atoms with Gasteiger partial charge in [0.15, 0.2) is 0 Å². The van der Waals surface area contributed by atoms with E-state index in [0.29, 0.717) is 17.7 Å². The van der Waals surface area contributed by atoms with E-state index in [0.717, 1.165) is 19.4 Å². The predicted octanol–water partition coefficient (Wildman–Crippen LogP) is 1.98. The summed E-state index contributed by atoms with van der Waals surface area (Å²) in [5.41, 5.74) is 6.54. The van der Waals surface area contributed by atoms with E-state index < -0.39 is 0 Å². The largest absolute Gasteiger partial charge is 0.376 e. The number of ether oxygens (including phenoxy) is 2. The van der Waals surface area contributed by atoms with E-state index in [-0.39, 0.29) is 25.1 Å². The molecule has 1 atom stereocenters. The number of rotatable bonds is 5. The topological polar surface area (TPSA) is 44.5 Å². The summed E-state index contributed by atoms with van der Waals surface area (Å²) >= 11 is 0. The van der Waals surface area contributed by atoms with Crippen LogP contribution in [0.5, 0.6) is 0 Å². The Hall–Kier alpha value is -0.970. The summed E-state index contributed by atoms with van der Waals surface area (Å²) in [6.07, 6.45) is 2.30. The highest BCUT2D eigenvalue weighted by Crippen LogP contribution is 2.16. The molecule has 0 radical (unpaired) electrons. The minimum Gasteiger partial charge on any atom is -0.376 e. The molecule has 4 heteroatoms. The molecule has 0 bridgehead atoms. The fourth-order valence-electron chi connectivity index (χ4n) is 1.98. The molecule has 0 saturated carbocycles. The molecule has 0 aromatic heterocycles. The quantitative estimate of drug-likeness (QED) is 0.854. The van der Waals surface area contributed by atoms with Gasteiger partial charge in [0.2, 0.25) is 0 Å². The van der Waals surface area contributed by atoms with Crippen molar-refractivity contribution in [3.63, 3.8) is 0 Å². The minimum absolute atomic E-state index is 0.177. The Kier molecular flexibility index (Phi) is 4.48. The molecule has 2 rings (SSSR count). The van der Waals surface area contributed by atoms with Crippen molar-refractivity contribution in [3.8, 4) is 0 Å². The summed E-state index contributed by atoms with van der Waals surface area (Å²) in [6.45, 7) is 1.84. The number of nitrogens with two attached hydrogens (primary N) is 1. The van der Waals surface area contributed by atoms with Crippen molar-refractivity contribution in [3.05, 3.63) is 35.1 Å². The van der Waals surface area contributed by atoms with Crippen LogP contribution in [0, 0.1) is 5.82 Å². The van der Waals surface area contributed by atoms with Crippen LogP contribution in [-0.4, -0.2) is 19.3 Å². The first-order chi connectivity index (χ1) is 8.31. The average Bonchev–Trinajstić information content (AvgIpc) is 2.84. The summed E-state index contributed by atoms with van der Waals surface area (Å²) in [5.74, 6) is -0.248. The molecule has 1 unspecified atom stereocenters. The van der Waals surface area contributed by atoms with Crippen LogP contribution < -0.4 is 5.73 Å². The third kappa shape index (κ3) is 3.25. The first kappa shape index (κ1) is 12.5. The molecule has 17 heavy (non-hydrogen) atoms. The van der Waals surface area contributed by atoms with Crippen molar-refractivity contribution in [2.45, 2.75) is 32.1 Å². The second kappa shape index (κ2) is 6.10. The second-order valence-electron chi connectivity index (χ2n) is 4.24. The van der Waals surface area contributed by atoms with Crippen LogP contribution >= 0.6 is 0 Å². The van der Waals surface area contributed by atoms with E-state index in [1.165, 1.54) is 0 Å².